The number of methoxy groups -OCH3 is 2. The van der Waals surface area contributed by atoms with Crippen LogP contribution in [0, 0.1) is 0 Å². The Morgan fingerprint density at radius 1 is 1.20 bits per heavy atom. The number of hydrogen-bond acceptors (Lipinski definition) is 6. The van der Waals surface area contributed by atoms with Gasteiger partial charge in [0.2, 0.25) is 0 Å². The summed E-state index contributed by atoms with van der Waals surface area (Å²) in [6, 6.07) is 5.59. The number of rotatable bonds is 7. The van der Waals surface area contributed by atoms with Crippen LogP contribution in [0.3, 0.4) is 0 Å². The third-order valence-corrected chi connectivity index (χ3v) is 3.90. The first kappa shape index (κ1) is 23.0. The first-order valence-corrected chi connectivity index (χ1v) is 8.61. The molecule has 0 aliphatic heterocycles. The maximum absolute atomic E-state index is 12.6. The third kappa shape index (κ3) is 6.38. The molecular weight excluding hydrogens is 429 g/mol. The van der Waals surface area contributed by atoms with Crippen molar-refractivity contribution in [3.63, 3.8) is 0 Å². The number of hydrogen-bond donors (Lipinski definition) is 1. The van der Waals surface area contributed by atoms with Crippen molar-refractivity contribution in [3.8, 4) is 11.5 Å². The molecule has 30 heavy (non-hydrogen) atoms. The van der Waals surface area contributed by atoms with Gasteiger partial charge in [-0.2, -0.15) is 13.2 Å². The zero-order valence-electron chi connectivity index (χ0n) is 15.7. The van der Waals surface area contributed by atoms with E-state index in [4.69, 9.17) is 25.8 Å². The van der Waals surface area contributed by atoms with E-state index in [1.54, 1.807) is 18.2 Å². The fourth-order valence-corrected chi connectivity index (χ4v) is 2.38. The average molecular weight is 445 g/mol. The normalized spacial score (nSPS) is 11.3. The number of halogens is 4. The number of alkyl halides is 3. The van der Waals surface area contributed by atoms with E-state index in [9.17, 15) is 22.8 Å². The van der Waals surface area contributed by atoms with Gasteiger partial charge in [-0.05, 0) is 30.3 Å². The quantitative estimate of drug-likeness (QED) is 0.513. The second-order valence-corrected chi connectivity index (χ2v) is 6.06. The first-order valence-electron chi connectivity index (χ1n) is 8.23. The number of benzene rings is 1. The van der Waals surface area contributed by atoms with Gasteiger partial charge in [-0.3, -0.25) is 4.79 Å². The molecule has 0 bridgehead atoms. The smallest absolute Gasteiger partial charge is 0.417 e. The number of anilines is 1. The molecule has 2 rings (SSSR count). The lowest BCUT2D eigenvalue weighted by Crippen LogP contribution is -2.21. The molecule has 0 aliphatic rings. The predicted molar refractivity (Wildman–Crippen MR) is 102 cm³/mol. The van der Waals surface area contributed by atoms with E-state index < -0.39 is 35.2 Å². The fraction of sp³-hybridized carbons (Fsp3) is 0.211. The molecule has 1 aromatic heterocycles. The highest BCUT2D eigenvalue weighted by atomic mass is 35.5. The van der Waals surface area contributed by atoms with Crippen LogP contribution in [0.2, 0.25) is 5.02 Å². The lowest BCUT2D eigenvalue weighted by atomic mass is 10.1. The molecule has 7 nitrogen and oxygen atoms in total. The maximum Gasteiger partial charge on any atom is 0.417 e. The van der Waals surface area contributed by atoms with Gasteiger partial charge in [-0.15, -0.1) is 0 Å². The summed E-state index contributed by atoms with van der Waals surface area (Å²) >= 11 is 5.69. The van der Waals surface area contributed by atoms with Crippen LogP contribution >= 0.6 is 11.6 Å². The molecule has 0 atom stereocenters. The molecule has 0 unspecified atom stereocenters. The van der Waals surface area contributed by atoms with Crippen LogP contribution in [0.15, 0.2) is 36.5 Å². The summed E-state index contributed by atoms with van der Waals surface area (Å²) in [5.41, 5.74) is -0.519. The standard InChI is InChI=1S/C19H16ClF3N2O5/c1-28-13-4-5-15(29-2)11(7-13)3-6-17(27)30-10-16(26)25-18-14(20)8-12(9-24-18)19(21,22)23/h3-9H,10H2,1-2H3,(H,24,25,26). The Kier molecular flexibility index (Phi) is 7.65. The molecule has 1 N–H and O–H groups in total. The van der Waals surface area contributed by atoms with Gasteiger partial charge >= 0.3 is 12.1 Å². The van der Waals surface area contributed by atoms with E-state index >= 15 is 0 Å². The van der Waals surface area contributed by atoms with Crippen LogP contribution in [-0.4, -0.2) is 37.7 Å². The molecule has 11 heteroatoms. The minimum atomic E-state index is -4.62. The van der Waals surface area contributed by atoms with Crippen LogP contribution in [0.1, 0.15) is 11.1 Å². The molecule has 1 heterocycles. The summed E-state index contributed by atoms with van der Waals surface area (Å²) in [7, 11) is 2.95. The lowest BCUT2D eigenvalue weighted by Gasteiger charge is -2.10. The fourth-order valence-electron chi connectivity index (χ4n) is 2.17. The van der Waals surface area contributed by atoms with Gasteiger partial charge in [0, 0.05) is 17.8 Å². The van der Waals surface area contributed by atoms with E-state index in [2.05, 4.69) is 10.3 Å². The van der Waals surface area contributed by atoms with E-state index in [0.717, 1.165) is 6.08 Å². The second kappa shape index (κ2) is 9.97. The van der Waals surface area contributed by atoms with Crippen molar-refractivity contribution in [2.75, 3.05) is 26.1 Å². The largest absolute Gasteiger partial charge is 0.497 e. The van der Waals surface area contributed by atoms with E-state index in [1.165, 1.54) is 20.3 Å². The molecule has 0 fully saturated rings. The molecule has 2 aromatic rings. The lowest BCUT2D eigenvalue weighted by molar-refractivity contribution is -0.142. The Morgan fingerprint density at radius 2 is 1.93 bits per heavy atom. The van der Waals surface area contributed by atoms with Gasteiger partial charge in [0.05, 0.1) is 24.8 Å². The second-order valence-electron chi connectivity index (χ2n) is 5.65. The van der Waals surface area contributed by atoms with Crippen LogP contribution in [0.25, 0.3) is 6.08 Å². The van der Waals surface area contributed by atoms with Crippen molar-refractivity contribution in [1.82, 2.24) is 4.98 Å². The van der Waals surface area contributed by atoms with Gasteiger partial charge in [-0.25, -0.2) is 9.78 Å². The molecule has 0 saturated carbocycles. The molecule has 0 saturated heterocycles. The SMILES string of the molecule is COc1ccc(OC)c(C=CC(=O)OCC(=O)Nc2ncc(C(F)(F)F)cc2Cl)c1. The Balaban J connectivity index is 1.94. The Hall–Kier alpha value is -3.27. The summed E-state index contributed by atoms with van der Waals surface area (Å²) in [5.74, 6) is -0.918. The number of esters is 1. The number of carbonyl (C=O) groups is 2. The summed E-state index contributed by atoms with van der Waals surface area (Å²) < 4.78 is 52.8. The van der Waals surface area contributed by atoms with Crippen LogP contribution in [0.5, 0.6) is 11.5 Å². The van der Waals surface area contributed by atoms with Gasteiger partial charge in [0.15, 0.2) is 12.4 Å². The number of pyridine rings is 1. The van der Waals surface area contributed by atoms with Crippen molar-refractivity contribution in [2.24, 2.45) is 0 Å². The Morgan fingerprint density at radius 3 is 2.53 bits per heavy atom. The predicted octanol–water partition coefficient (Wildman–Crippen LogP) is 3.97. The van der Waals surface area contributed by atoms with Gasteiger partial charge in [0.25, 0.3) is 5.91 Å². The van der Waals surface area contributed by atoms with Crippen LogP contribution < -0.4 is 14.8 Å². The minimum absolute atomic E-state index is 0.289. The number of ether oxygens (including phenoxy) is 3. The van der Waals surface area contributed by atoms with E-state index in [-0.39, 0.29) is 5.82 Å². The van der Waals surface area contributed by atoms with Crippen molar-refractivity contribution in [3.05, 3.63) is 52.7 Å². The highest BCUT2D eigenvalue weighted by Gasteiger charge is 2.31. The topological polar surface area (TPSA) is 86.8 Å². The monoisotopic (exact) mass is 444 g/mol. The summed E-state index contributed by atoms with van der Waals surface area (Å²) in [4.78, 5) is 27.1. The molecule has 0 spiro atoms. The number of nitrogens with zero attached hydrogens (tertiary/aromatic N) is 1. The summed E-state index contributed by atoms with van der Waals surface area (Å²) in [5, 5.41) is 1.76. The van der Waals surface area contributed by atoms with Crippen molar-refractivity contribution in [2.45, 2.75) is 6.18 Å². The first-order chi connectivity index (χ1) is 14.1. The van der Waals surface area contributed by atoms with Gasteiger partial charge in [0.1, 0.15) is 11.5 Å². The van der Waals surface area contributed by atoms with Crippen molar-refractivity contribution in [1.29, 1.82) is 0 Å². The molecular formula is C19H16ClF3N2O5. The number of nitrogens with one attached hydrogen (secondary N) is 1. The highest BCUT2D eigenvalue weighted by molar-refractivity contribution is 6.33. The number of aromatic nitrogens is 1. The maximum atomic E-state index is 12.6. The summed E-state index contributed by atoms with van der Waals surface area (Å²) in [6.07, 6.45) is -1.60. The average Bonchev–Trinajstić information content (AvgIpc) is 2.71. The number of carbonyl (C=O) groups excluding carboxylic acids is 2. The zero-order valence-corrected chi connectivity index (χ0v) is 16.5. The Labute approximate surface area is 174 Å². The van der Waals surface area contributed by atoms with E-state index in [0.29, 0.717) is 29.3 Å². The van der Waals surface area contributed by atoms with Gasteiger partial charge < -0.3 is 19.5 Å². The molecule has 160 valence electrons. The summed E-state index contributed by atoms with van der Waals surface area (Å²) in [6.45, 7) is -0.697. The molecule has 1 amide bonds. The third-order valence-electron chi connectivity index (χ3n) is 3.61. The van der Waals surface area contributed by atoms with Gasteiger partial charge in [-0.1, -0.05) is 11.6 Å². The number of amides is 1. The van der Waals surface area contributed by atoms with Crippen molar-refractivity contribution >= 4 is 35.4 Å². The molecule has 0 radical (unpaired) electrons. The van der Waals surface area contributed by atoms with Crippen LogP contribution in [0.4, 0.5) is 19.0 Å². The molecule has 0 aliphatic carbocycles. The minimum Gasteiger partial charge on any atom is -0.497 e. The Bertz CT molecular complexity index is 964. The van der Waals surface area contributed by atoms with Crippen LogP contribution in [-0.2, 0) is 20.5 Å². The van der Waals surface area contributed by atoms with E-state index in [1.807, 2.05) is 0 Å². The van der Waals surface area contributed by atoms with Crippen molar-refractivity contribution < 1.29 is 37.0 Å². The zero-order chi connectivity index (χ0) is 22.3. The highest BCUT2D eigenvalue weighted by Crippen LogP contribution is 2.32. The molecule has 1 aromatic carbocycles.